The van der Waals surface area contributed by atoms with Gasteiger partial charge in [-0.2, -0.15) is 0 Å². The Hall–Kier alpha value is -0.820. The van der Waals surface area contributed by atoms with Crippen LogP contribution in [0.1, 0.15) is 57.1 Å². The standard InChI is InChI=1S/C18H24O/c1-16(2)13-8-9-17(16,3)18(19,11-13)15-10-12-6-4-5-7-14(12)15/h4-7,13,15,19H,8-11H2,1-3H3. The second kappa shape index (κ2) is 3.25. The van der Waals surface area contributed by atoms with E-state index in [1.807, 2.05) is 0 Å². The molecule has 2 fully saturated rings. The molecule has 0 aromatic heterocycles. The summed E-state index contributed by atoms with van der Waals surface area (Å²) in [6.07, 6.45) is 4.58. The molecule has 1 N–H and O–H groups in total. The molecule has 1 nitrogen and oxygen atoms in total. The van der Waals surface area contributed by atoms with Crippen LogP contribution in [0.15, 0.2) is 24.3 Å². The molecule has 0 spiro atoms. The lowest BCUT2D eigenvalue weighted by atomic mass is 9.55. The molecule has 0 radical (unpaired) electrons. The van der Waals surface area contributed by atoms with E-state index in [1.54, 1.807) is 0 Å². The first kappa shape index (κ1) is 12.0. The molecule has 3 aliphatic rings. The molecule has 0 saturated heterocycles. The first-order chi connectivity index (χ1) is 8.90. The first-order valence-electron chi connectivity index (χ1n) is 7.70. The zero-order chi connectivity index (χ0) is 13.5. The van der Waals surface area contributed by atoms with Crippen LogP contribution in [0.25, 0.3) is 0 Å². The van der Waals surface area contributed by atoms with Gasteiger partial charge in [-0.05, 0) is 48.1 Å². The SMILES string of the molecule is CC1(C)C2CCC1(C)C(O)(C1Cc3ccccc31)C2. The van der Waals surface area contributed by atoms with E-state index < -0.39 is 5.60 Å². The summed E-state index contributed by atoms with van der Waals surface area (Å²) in [5, 5.41) is 11.5. The number of hydrogen-bond acceptors (Lipinski definition) is 1. The van der Waals surface area contributed by atoms with Gasteiger partial charge in [-0.25, -0.2) is 0 Å². The molecule has 19 heavy (non-hydrogen) atoms. The average Bonchev–Trinajstić information content (AvgIpc) is 2.63. The largest absolute Gasteiger partial charge is 0.389 e. The lowest BCUT2D eigenvalue weighted by Crippen LogP contribution is -2.54. The van der Waals surface area contributed by atoms with Crippen LogP contribution in [0, 0.1) is 16.7 Å². The zero-order valence-corrected chi connectivity index (χ0v) is 12.2. The highest BCUT2D eigenvalue weighted by atomic mass is 16.3. The van der Waals surface area contributed by atoms with Crippen molar-refractivity contribution < 1.29 is 5.11 Å². The van der Waals surface area contributed by atoms with E-state index in [4.69, 9.17) is 0 Å². The van der Waals surface area contributed by atoms with Crippen LogP contribution < -0.4 is 0 Å². The predicted octanol–water partition coefficient (Wildman–Crippen LogP) is 3.90. The van der Waals surface area contributed by atoms with Crippen molar-refractivity contribution in [2.24, 2.45) is 16.7 Å². The first-order valence-corrected chi connectivity index (χ1v) is 7.70. The van der Waals surface area contributed by atoms with Crippen molar-refractivity contribution in [3.63, 3.8) is 0 Å². The Morgan fingerprint density at radius 2 is 1.89 bits per heavy atom. The summed E-state index contributed by atoms with van der Waals surface area (Å²) in [6.45, 7) is 7.11. The van der Waals surface area contributed by atoms with Gasteiger partial charge in [-0.3, -0.25) is 0 Å². The van der Waals surface area contributed by atoms with Crippen LogP contribution in [0.3, 0.4) is 0 Å². The van der Waals surface area contributed by atoms with Crippen LogP contribution in [0.4, 0.5) is 0 Å². The molecule has 2 saturated carbocycles. The van der Waals surface area contributed by atoms with Crippen LogP contribution >= 0.6 is 0 Å². The van der Waals surface area contributed by atoms with Gasteiger partial charge >= 0.3 is 0 Å². The molecule has 0 heterocycles. The smallest absolute Gasteiger partial charge is 0.0780 e. The van der Waals surface area contributed by atoms with Gasteiger partial charge in [-0.15, -0.1) is 0 Å². The van der Waals surface area contributed by atoms with Crippen molar-refractivity contribution in [3.8, 4) is 0 Å². The number of aliphatic hydroxyl groups is 1. The van der Waals surface area contributed by atoms with Gasteiger partial charge in [0.05, 0.1) is 5.60 Å². The molecular formula is C18H24O. The average molecular weight is 256 g/mol. The molecule has 2 bridgehead atoms. The highest BCUT2D eigenvalue weighted by Crippen LogP contribution is 2.73. The van der Waals surface area contributed by atoms with Gasteiger partial charge in [0.15, 0.2) is 0 Å². The maximum absolute atomic E-state index is 11.5. The second-order valence-corrected chi connectivity index (χ2v) is 7.87. The maximum atomic E-state index is 11.5. The molecule has 4 unspecified atom stereocenters. The topological polar surface area (TPSA) is 20.2 Å². The van der Waals surface area contributed by atoms with E-state index in [0.717, 1.165) is 12.8 Å². The minimum Gasteiger partial charge on any atom is -0.389 e. The lowest BCUT2D eigenvalue weighted by molar-refractivity contribution is -0.113. The van der Waals surface area contributed by atoms with Gasteiger partial charge in [-0.1, -0.05) is 45.0 Å². The molecule has 0 aliphatic heterocycles. The molecule has 102 valence electrons. The third kappa shape index (κ3) is 1.13. The molecule has 3 aliphatic carbocycles. The Labute approximate surface area is 116 Å². The van der Waals surface area contributed by atoms with Crippen LogP contribution in [-0.4, -0.2) is 10.7 Å². The molecule has 4 atom stereocenters. The summed E-state index contributed by atoms with van der Waals surface area (Å²) in [6, 6.07) is 8.68. The monoisotopic (exact) mass is 256 g/mol. The van der Waals surface area contributed by atoms with Gasteiger partial charge in [0.2, 0.25) is 0 Å². The fourth-order valence-corrected chi connectivity index (χ4v) is 5.54. The third-order valence-corrected chi connectivity index (χ3v) is 7.38. The number of hydrogen-bond donors (Lipinski definition) is 1. The third-order valence-electron chi connectivity index (χ3n) is 7.38. The van der Waals surface area contributed by atoms with Crippen LogP contribution in [0.2, 0.25) is 0 Å². The maximum Gasteiger partial charge on any atom is 0.0780 e. The van der Waals surface area contributed by atoms with Crippen molar-refractivity contribution in [1.29, 1.82) is 0 Å². The second-order valence-electron chi connectivity index (χ2n) is 7.87. The van der Waals surface area contributed by atoms with E-state index in [1.165, 1.54) is 24.0 Å². The molecule has 1 heteroatoms. The van der Waals surface area contributed by atoms with E-state index in [-0.39, 0.29) is 10.8 Å². The minimum absolute atomic E-state index is 0.0862. The lowest BCUT2D eigenvalue weighted by Gasteiger charge is -2.53. The van der Waals surface area contributed by atoms with Crippen molar-refractivity contribution in [2.75, 3.05) is 0 Å². The summed E-state index contributed by atoms with van der Waals surface area (Å²) < 4.78 is 0. The van der Waals surface area contributed by atoms with E-state index >= 15 is 0 Å². The highest BCUT2D eigenvalue weighted by molar-refractivity contribution is 5.44. The van der Waals surface area contributed by atoms with E-state index in [2.05, 4.69) is 45.0 Å². The van der Waals surface area contributed by atoms with Crippen LogP contribution in [-0.2, 0) is 6.42 Å². The fraction of sp³-hybridized carbons (Fsp3) is 0.667. The van der Waals surface area contributed by atoms with Gasteiger partial charge in [0.1, 0.15) is 0 Å². The van der Waals surface area contributed by atoms with Crippen molar-refractivity contribution in [1.82, 2.24) is 0 Å². The molecule has 1 aromatic rings. The molecule has 4 rings (SSSR count). The van der Waals surface area contributed by atoms with Crippen LogP contribution in [0.5, 0.6) is 0 Å². The summed E-state index contributed by atoms with van der Waals surface area (Å²) >= 11 is 0. The van der Waals surface area contributed by atoms with Crippen molar-refractivity contribution >= 4 is 0 Å². The quantitative estimate of drug-likeness (QED) is 0.808. The Kier molecular flexibility index (Phi) is 2.05. The summed E-state index contributed by atoms with van der Waals surface area (Å²) in [5.74, 6) is 1.08. The number of fused-ring (bicyclic) bond motifs is 3. The van der Waals surface area contributed by atoms with E-state index in [9.17, 15) is 5.11 Å². The number of benzene rings is 1. The fourth-order valence-electron chi connectivity index (χ4n) is 5.54. The van der Waals surface area contributed by atoms with Crippen molar-refractivity contribution in [3.05, 3.63) is 35.4 Å². The van der Waals surface area contributed by atoms with Gasteiger partial charge < -0.3 is 5.11 Å². The Morgan fingerprint density at radius 3 is 2.47 bits per heavy atom. The van der Waals surface area contributed by atoms with Gasteiger partial charge in [0.25, 0.3) is 0 Å². The predicted molar refractivity (Wildman–Crippen MR) is 77.1 cm³/mol. The normalized spacial score (nSPS) is 45.9. The summed E-state index contributed by atoms with van der Waals surface area (Å²) in [7, 11) is 0. The molecular weight excluding hydrogens is 232 g/mol. The summed E-state index contributed by atoms with van der Waals surface area (Å²) in [5.41, 5.74) is 2.75. The Balaban J connectivity index is 1.78. The Bertz CT molecular complexity index is 546. The minimum atomic E-state index is -0.478. The zero-order valence-electron chi connectivity index (χ0n) is 12.2. The molecule has 0 amide bonds. The molecule has 1 aromatic carbocycles. The van der Waals surface area contributed by atoms with Gasteiger partial charge in [0, 0.05) is 11.3 Å². The highest BCUT2D eigenvalue weighted by Gasteiger charge is 2.71. The van der Waals surface area contributed by atoms with Crippen molar-refractivity contribution in [2.45, 2.75) is 58.0 Å². The van der Waals surface area contributed by atoms with E-state index in [0.29, 0.717) is 11.8 Å². The number of rotatable bonds is 1. The summed E-state index contributed by atoms with van der Waals surface area (Å²) in [4.78, 5) is 0. The Morgan fingerprint density at radius 1 is 1.16 bits per heavy atom.